The van der Waals surface area contributed by atoms with E-state index in [1.807, 2.05) is 4.90 Å². The van der Waals surface area contributed by atoms with Crippen molar-refractivity contribution < 1.29 is 19.5 Å². The predicted molar refractivity (Wildman–Crippen MR) is 113 cm³/mol. The largest absolute Gasteiger partial charge is 0.480 e. The number of H-pyrrole nitrogens is 1. The van der Waals surface area contributed by atoms with Crippen LogP contribution in [-0.2, 0) is 4.79 Å². The van der Waals surface area contributed by atoms with Gasteiger partial charge in [-0.25, -0.2) is 4.79 Å². The summed E-state index contributed by atoms with van der Waals surface area (Å²) < 4.78 is 0. The number of carboxylic acid groups (broad SMARTS) is 1. The summed E-state index contributed by atoms with van der Waals surface area (Å²) >= 11 is 0. The van der Waals surface area contributed by atoms with E-state index in [2.05, 4.69) is 20.8 Å². The molecule has 2 saturated heterocycles. The Balaban J connectivity index is 1.29. The normalized spacial score (nSPS) is 23.5. The van der Waals surface area contributed by atoms with Gasteiger partial charge in [0, 0.05) is 42.3 Å². The lowest BCUT2D eigenvalue weighted by Crippen LogP contribution is -2.50. The van der Waals surface area contributed by atoms with Crippen molar-refractivity contribution in [2.75, 3.05) is 25.0 Å². The van der Waals surface area contributed by atoms with Crippen LogP contribution in [0, 0.1) is 0 Å². The van der Waals surface area contributed by atoms with E-state index in [9.17, 15) is 14.4 Å². The number of urea groups is 1. The van der Waals surface area contributed by atoms with Crippen LogP contribution in [0.4, 0.5) is 10.5 Å². The second-order valence-electron chi connectivity index (χ2n) is 8.74. The minimum Gasteiger partial charge on any atom is -0.480 e. The van der Waals surface area contributed by atoms with Crippen LogP contribution in [-0.4, -0.2) is 80.8 Å². The molecule has 1 aliphatic carbocycles. The van der Waals surface area contributed by atoms with Crippen LogP contribution in [0.5, 0.6) is 0 Å². The molecule has 0 radical (unpaired) electrons. The first kappa shape index (κ1) is 19.8. The summed E-state index contributed by atoms with van der Waals surface area (Å²) in [5.41, 5.74) is 1.66. The van der Waals surface area contributed by atoms with E-state index in [-0.39, 0.29) is 36.6 Å². The van der Waals surface area contributed by atoms with E-state index in [0.717, 1.165) is 37.6 Å². The number of amides is 3. The molecule has 3 heterocycles. The van der Waals surface area contributed by atoms with Crippen molar-refractivity contribution in [1.29, 1.82) is 0 Å². The molecule has 0 spiro atoms. The number of fused-ring (bicyclic) bond motifs is 3. The third kappa shape index (κ3) is 3.83. The Bertz CT molecular complexity index is 1030. The van der Waals surface area contributed by atoms with Crippen LogP contribution in [0.1, 0.15) is 42.6 Å². The van der Waals surface area contributed by atoms with Gasteiger partial charge in [-0.1, -0.05) is 12.8 Å². The van der Waals surface area contributed by atoms with E-state index in [1.54, 1.807) is 23.1 Å². The Morgan fingerprint density at radius 2 is 1.97 bits per heavy atom. The molecule has 164 valence electrons. The molecule has 2 bridgehead atoms. The molecular weight excluding hydrogens is 400 g/mol. The van der Waals surface area contributed by atoms with Crippen molar-refractivity contribution in [3.63, 3.8) is 0 Å². The van der Waals surface area contributed by atoms with E-state index in [0.29, 0.717) is 29.9 Å². The maximum Gasteiger partial charge on any atom is 0.319 e. The molecule has 1 aromatic heterocycles. The SMILES string of the molecule is O=C(O)CN1C[C@@H]2C[C@H]1CN2C(=O)c1n[nH]c2ccc(NC(=O)NC3CCCC3)cc12. The minimum absolute atomic E-state index is 0.00194. The van der Waals surface area contributed by atoms with Crippen LogP contribution in [0.15, 0.2) is 18.2 Å². The van der Waals surface area contributed by atoms with Gasteiger partial charge in [-0.2, -0.15) is 5.10 Å². The lowest BCUT2D eigenvalue weighted by Gasteiger charge is -2.32. The summed E-state index contributed by atoms with van der Waals surface area (Å²) in [6, 6.07) is 5.42. The highest BCUT2D eigenvalue weighted by atomic mass is 16.4. The molecule has 4 N–H and O–H groups in total. The van der Waals surface area contributed by atoms with Crippen molar-refractivity contribution in [2.45, 2.75) is 50.2 Å². The molecule has 1 aromatic carbocycles. The highest BCUT2D eigenvalue weighted by Gasteiger charge is 2.46. The maximum absolute atomic E-state index is 13.2. The molecule has 2 aliphatic heterocycles. The summed E-state index contributed by atoms with van der Waals surface area (Å²) in [6.45, 7) is 1.08. The fourth-order valence-corrected chi connectivity index (χ4v) is 5.18. The van der Waals surface area contributed by atoms with Crippen molar-refractivity contribution in [1.82, 2.24) is 25.3 Å². The minimum atomic E-state index is -0.847. The quantitative estimate of drug-likeness (QED) is 0.575. The van der Waals surface area contributed by atoms with Gasteiger partial charge >= 0.3 is 12.0 Å². The molecule has 0 unspecified atom stereocenters. The van der Waals surface area contributed by atoms with Crippen molar-refractivity contribution in [3.05, 3.63) is 23.9 Å². The average molecular weight is 426 g/mol. The first-order valence-corrected chi connectivity index (χ1v) is 10.8. The zero-order valence-electron chi connectivity index (χ0n) is 17.1. The van der Waals surface area contributed by atoms with Gasteiger partial charge in [0.15, 0.2) is 5.69 Å². The number of anilines is 1. The monoisotopic (exact) mass is 426 g/mol. The molecule has 10 nitrogen and oxygen atoms in total. The number of hydrogen-bond donors (Lipinski definition) is 4. The van der Waals surface area contributed by atoms with Crippen LogP contribution >= 0.6 is 0 Å². The number of aliphatic carboxylic acids is 1. The number of carbonyl (C=O) groups is 3. The number of hydrogen-bond acceptors (Lipinski definition) is 5. The summed E-state index contributed by atoms with van der Waals surface area (Å²) in [5, 5.41) is 22.7. The molecule has 5 rings (SSSR count). The highest BCUT2D eigenvalue weighted by Crippen LogP contribution is 2.32. The lowest BCUT2D eigenvalue weighted by atomic mass is 10.1. The number of nitrogens with zero attached hydrogens (tertiary/aromatic N) is 3. The first-order valence-electron chi connectivity index (χ1n) is 10.8. The van der Waals surface area contributed by atoms with Crippen LogP contribution in [0.2, 0.25) is 0 Å². The average Bonchev–Trinajstić information content (AvgIpc) is 3.50. The number of benzene rings is 1. The zero-order chi connectivity index (χ0) is 21.5. The number of likely N-dealkylation sites (tertiary alicyclic amines) is 2. The van der Waals surface area contributed by atoms with E-state index in [1.165, 1.54) is 0 Å². The lowest BCUT2D eigenvalue weighted by molar-refractivity contribution is -0.138. The molecule has 1 saturated carbocycles. The topological polar surface area (TPSA) is 131 Å². The summed E-state index contributed by atoms with van der Waals surface area (Å²) in [7, 11) is 0. The fraction of sp³-hybridized carbons (Fsp3) is 0.524. The Morgan fingerprint density at radius 3 is 2.68 bits per heavy atom. The van der Waals surface area contributed by atoms with Crippen LogP contribution < -0.4 is 10.6 Å². The summed E-state index contributed by atoms with van der Waals surface area (Å²) in [6.07, 6.45) is 5.09. The van der Waals surface area contributed by atoms with Crippen molar-refractivity contribution in [3.8, 4) is 0 Å². The van der Waals surface area contributed by atoms with Gasteiger partial charge in [0.05, 0.1) is 12.1 Å². The molecule has 3 fully saturated rings. The summed E-state index contributed by atoms with van der Waals surface area (Å²) in [5.74, 6) is -1.01. The Morgan fingerprint density at radius 1 is 1.16 bits per heavy atom. The number of aromatic amines is 1. The van der Waals surface area contributed by atoms with Crippen LogP contribution in [0.25, 0.3) is 10.9 Å². The molecule has 31 heavy (non-hydrogen) atoms. The Kier molecular flexibility index (Phi) is 5.01. The number of rotatable bonds is 5. The standard InChI is InChI=1S/C21H26N6O4/c28-18(29)11-26-9-15-8-14(26)10-27(15)20(30)19-16-7-13(5-6-17(16)24-25-19)23-21(31)22-12-3-1-2-4-12/h5-7,12,14-15H,1-4,8-11H2,(H,24,25)(H,28,29)(H2,22,23,31)/t14-,15-/m0/s1. The molecular formula is C21H26N6O4. The second-order valence-corrected chi connectivity index (χ2v) is 8.74. The van der Waals surface area contributed by atoms with E-state index in [4.69, 9.17) is 5.11 Å². The van der Waals surface area contributed by atoms with Crippen LogP contribution in [0.3, 0.4) is 0 Å². The van der Waals surface area contributed by atoms with Crippen molar-refractivity contribution >= 4 is 34.5 Å². The number of carboxylic acids is 1. The van der Waals surface area contributed by atoms with Gasteiger partial charge < -0.3 is 20.6 Å². The zero-order valence-corrected chi connectivity index (χ0v) is 17.1. The van der Waals surface area contributed by atoms with E-state index < -0.39 is 5.97 Å². The summed E-state index contributed by atoms with van der Waals surface area (Å²) in [4.78, 5) is 40.2. The second kappa shape index (κ2) is 7.84. The van der Waals surface area contributed by atoms with Gasteiger partial charge in [-0.15, -0.1) is 0 Å². The van der Waals surface area contributed by atoms with Gasteiger partial charge in [0.25, 0.3) is 5.91 Å². The molecule has 3 aliphatic rings. The van der Waals surface area contributed by atoms with E-state index >= 15 is 0 Å². The highest BCUT2D eigenvalue weighted by molar-refractivity contribution is 6.06. The first-order chi connectivity index (χ1) is 15.0. The van der Waals surface area contributed by atoms with Crippen molar-refractivity contribution in [2.24, 2.45) is 0 Å². The maximum atomic E-state index is 13.2. The van der Waals surface area contributed by atoms with Gasteiger partial charge in [-0.3, -0.25) is 19.6 Å². The number of carbonyl (C=O) groups excluding carboxylic acids is 2. The van der Waals surface area contributed by atoms with Gasteiger partial charge in [0.2, 0.25) is 0 Å². The third-order valence-electron chi connectivity index (χ3n) is 6.67. The molecule has 2 atom stereocenters. The van der Waals surface area contributed by atoms with Gasteiger partial charge in [0.1, 0.15) is 0 Å². The molecule has 3 amide bonds. The fourth-order valence-electron chi connectivity index (χ4n) is 5.18. The third-order valence-corrected chi connectivity index (χ3v) is 6.67. The number of piperazine rings is 1. The number of nitrogens with one attached hydrogen (secondary N) is 3. The predicted octanol–water partition coefficient (Wildman–Crippen LogP) is 1.61. The van der Waals surface area contributed by atoms with Gasteiger partial charge in [-0.05, 0) is 37.5 Å². The number of aromatic nitrogens is 2. The molecule has 2 aromatic rings. The Labute approximate surface area is 179 Å². The Hall–Kier alpha value is -3.14. The smallest absolute Gasteiger partial charge is 0.319 e. The molecule has 10 heteroatoms.